The Kier molecular flexibility index (Phi) is 3.27. The summed E-state index contributed by atoms with van der Waals surface area (Å²) in [4.78, 5) is 34.5. The number of nitro groups is 1. The van der Waals surface area contributed by atoms with Gasteiger partial charge in [0.25, 0.3) is 5.91 Å². The fourth-order valence-electron chi connectivity index (χ4n) is 2.37. The third kappa shape index (κ3) is 2.18. The van der Waals surface area contributed by atoms with E-state index < -0.39 is 28.6 Å². The number of amides is 1. The minimum absolute atomic E-state index is 0.136. The average molecular weight is 318 g/mol. The Bertz CT molecular complexity index is 800. The molecule has 112 valence electrons. The number of anilines is 1. The minimum Gasteiger partial charge on any atom is -0.375 e. The molecule has 0 radical (unpaired) electrons. The van der Waals surface area contributed by atoms with Crippen LogP contribution in [0.15, 0.2) is 36.4 Å². The van der Waals surface area contributed by atoms with Gasteiger partial charge in [-0.15, -0.1) is 0 Å². The maximum atomic E-state index is 12.2. The molecule has 3 rings (SSSR count). The Morgan fingerprint density at radius 3 is 2.73 bits per heavy atom. The number of fused-ring (bicyclic) bond motifs is 1. The van der Waals surface area contributed by atoms with E-state index in [1.807, 2.05) is 0 Å². The summed E-state index contributed by atoms with van der Waals surface area (Å²) in [5.74, 6) is -1.19. The maximum absolute atomic E-state index is 12.2. The number of carbonyl (C=O) groups is 2. The van der Waals surface area contributed by atoms with Gasteiger partial charge in [-0.2, -0.15) is 0 Å². The van der Waals surface area contributed by atoms with Crippen LogP contribution < -0.4 is 5.32 Å². The summed E-state index contributed by atoms with van der Waals surface area (Å²) in [5.41, 5.74) is -1.16. The van der Waals surface area contributed by atoms with Gasteiger partial charge in [0.05, 0.1) is 16.2 Å². The van der Waals surface area contributed by atoms with E-state index in [-0.39, 0.29) is 9.88 Å². The summed E-state index contributed by atoms with van der Waals surface area (Å²) in [7, 11) is 0. The molecule has 2 N–H and O–H groups in total. The number of carbonyl (C=O) groups excluding carboxylic acids is 2. The number of para-hydroxylation sites is 1. The lowest BCUT2D eigenvalue weighted by Gasteiger charge is -2.19. The van der Waals surface area contributed by atoms with Crippen molar-refractivity contribution >= 4 is 33.7 Å². The monoisotopic (exact) mass is 318 g/mol. The highest BCUT2D eigenvalue weighted by molar-refractivity contribution is 7.17. The van der Waals surface area contributed by atoms with Gasteiger partial charge >= 0.3 is 5.00 Å². The second-order valence-electron chi connectivity index (χ2n) is 4.85. The van der Waals surface area contributed by atoms with E-state index in [0.717, 1.165) is 11.3 Å². The summed E-state index contributed by atoms with van der Waals surface area (Å²) in [6.45, 7) is 0. The third-order valence-corrected chi connectivity index (χ3v) is 4.54. The Morgan fingerprint density at radius 1 is 1.32 bits per heavy atom. The second kappa shape index (κ2) is 5.00. The lowest BCUT2D eigenvalue weighted by atomic mass is 9.89. The molecule has 1 aromatic carbocycles. The smallest absolute Gasteiger partial charge is 0.324 e. The normalized spacial score (nSPS) is 19.6. The number of thiophene rings is 1. The molecule has 1 atom stereocenters. The number of hydrogen-bond acceptors (Lipinski definition) is 6. The first-order valence-corrected chi connectivity index (χ1v) is 7.14. The van der Waals surface area contributed by atoms with Gasteiger partial charge in [0.1, 0.15) is 0 Å². The van der Waals surface area contributed by atoms with E-state index in [0.29, 0.717) is 11.3 Å². The van der Waals surface area contributed by atoms with Gasteiger partial charge < -0.3 is 10.4 Å². The lowest BCUT2D eigenvalue weighted by molar-refractivity contribution is -0.380. The highest BCUT2D eigenvalue weighted by Gasteiger charge is 2.46. The number of nitrogens with zero attached hydrogens (tertiary/aromatic N) is 1. The molecule has 1 aromatic heterocycles. The van der Waals surface area contributed by atoms with Crippen LogP contribution in [0.25, 0.3) is 0 Å². The summed E-state index contributed by atoms with van der Waals surface area (Å²) in [6, 6.07) is 9.11. The van der Waals surface area contributed by atoms with Gasteiger partial charge in [0, 0.05) is 17.3 Å². The molecule has 8 heteroatoms. The van der Waals surface area contributed by atoms with E-state index in [1.165, 1.54) is 12.1 Å². The van der Waals surface area contributed by atoms with E-state index >= 15 is 0 Å². The number of Topliss-reactive ketones (excluding diaryl/α,β-unsaturated/α-hetero) is 1. The zero-order valence-corrected chi connectivity index (χ0v) is 11.9. The molecule has 7 nitrogen and oxygen atoms in total. The van der Waals surface area contributed by atoms with E-state index in [9.17, 15) is 24.8 Å². The van der Waals surface area contributed by atoms with Crippen molar-refractivity contribution in [3.05, 3.63) is 57.0 Å². The first-order valence-electron chi connectivity index (χ1n) is 6.32. The first-order chi connectivity index (χ1) is 10.4. The van der Waals surface area contributed by atoms with Crippen LogP contribution in [0.4, 0.5) is 10.7 Å². The predicted octanol–water partition coefficient (Wildman–Crippen LogP) is 2.07. The average Bonchev–Trinajstić information content (AvgIpc) is 3.05. The molecule has 1 aliphatic heterocycles. The van der Waals surface area contributed by atoms with Crippen LogP contribution in [0.1, 0.15) is 21.7 Å². The van der Waals surface area contributed by atoms with E-state index in [1.54, 1.807) is 24.3 Å². The van der Waals surface area contributed by atoms with Gasteiger partial charge in [-0.1, -0.05) is 29.5 Å². The van der Waals surface area contributed by atoms with Crippen LogP contribution in [-0.4, -0.2) is 21.7 Å². The quantitative estimate of drug-likeness (QED) is 0.509. The standard InChI is InChI=1S/C14H10N2O5S/c17-10(11-5-6-12(22-11)16(20)21)7-14(19)8-3-1-2-4-9(8)15-13(14)18/h1-6,19H,7H2,(H,15,18). The Hall–Kier alpha value is -2.58. The number of benzene rings is 1. The van der Waals surface area contributed by atoms with Crippen LogP contribution in [0.2, 0.25) is 0 Å². The van der Waals surface area contributed by atoms with Crippen molar-refractivity contribution in [3.8, 4) is 0 Å². The van der Waals surface area contributed by atoms with E-state index in [4.69, 9.17) is 0 Å². The van der Waals surface area contributed by atoms with Gasteiger partial charge in [-0.3, -0.25) is 19.7 Å². The van der Waals surface area contributed by atoms with Crippen molar-refractivity contribution < 1.29 is 19.6 Å². The molecule has 0 saturated heterocycles. The zero-order chi connectivity index (χ0) is 15.9. The molecule has 0 aliphatic carbocycles. The number of ketones is 1. The predicted molar refractivity (Wildman–Crippen MR) is 78.9 cm³/mol. The molecule has 1 unspecified atom stereocenters. The Morgan fingerprint density at radius 2 is 2.05 bits per heavy atom. The van der Waals surface area contributed by atoms with Crippen molar-refractivity contribution in [1.82, 2.24) is 0 Å². The molecule has 0 saturated carbocycles. The molecule has 1 amide bonds. The molecular formula is C14H10N2O5S. The molecule has 0 spiro atoms. The summed E-state index contributed by atoms with van der Waals surface area (Å²) in [5, 5.41) is 23.6. The van der Waals surface area contributed by atoms with Crippen molar-refractivity contribution in [2.75, 3.05) is 5.32 Å². The molecule has 0 fully saturated rings. The summed E-state index contributed by atoms with van der Waals surface area (Å²) >= 11 is 0.722. The number of hydrogen-bond donors (Lipinski definition) is 2. The third-order valence-electron chi connectivity index (χ3n) is 3.46. The highest BCUT2D eigenvalue weighted by atomic mass is 32.1. The Balaban J connectivity index is 1.90. The second-order valence-corrected chi connectivity index (χ2v) is 5.92. The number of nitrogens with one attached hydrogen (secondary N) is 1. The van der Waals surface area contributed by atoms with Gasteiger partial charge in [-0.05, 0) is 12.1 Å². The van der Waals surface area contributed by atoms with Gasteiger partial charge in [0.2, 0.25) is 0 Å². The van der Waals surface area contributed by atoms with Crippen molar-refractivity contribution in [2.45, 2.75) is 12.0 Å². The first kappa shape index (κ1) is 14.4. The Labute approximate surface area is 128 Å². The largest absolute Gasteiger partial charge is 0.375 e. The topological polar surface area (TPSA) is 110 Å². The molecule has 0 bridgehead atoms. The molecule has 1 aliphatic rings. The van der Waals surface area contributed by atoms with Crippen molar-refractivity contribution in [1.29, 1.82) is 0 Å². The van der Waals surface area contributed by atoms with Crippen molar-refractivity contribution in [2.24, 2.45) is 0 Å². The highest BCUT2D eigenvalue weighted by Crippen LogP contribution is 2.39. The van der Waals surface area contributed by atoms with Crippen LogP contribution >= 0.6 is 11.3 Å². The molecule has 22 heavy (non-hydrogen) atoms. The fraction of sp³-hybridized carbons (Fsp3) is 0.143. The number of aliphatic hydroxyl groups is 1. The molecular weight excluding hydrogens is 308 g/mol. The lowest BCUT2D eigenvalue weighted by Crippen LogP contribution is -2.36. The van der Waals surface area contributed by atoms with Crippen LogP contribution in [0.3, 0.4) is 0 Å². The number of rotatable bonds is 4. The molecule has 2 aromatic rings. The minimum atomic E-state index is -1.95. The van der Waals surface area contributed by atoms with Crippen LogP contribution in [0, 0.1) is 10.1 Å². The summed E-state index contributed by atoms with van der Waals surface area (Å²) < 4.78 is 0. The van der Waals surface area contributed by atoms with E-state index in [2.05, 4.69) is 5.32 Å². The fourth-order valence-corrected chi connectivity index (χ4v) is 3.13. The van der Waals surface area contributed by atoms with Crippen LogP contribution in [0.5, 0.6) is 0 Å². The zero-order valence-electron chi connectivity index (χ0n) is 11.1. The SMILES string of the molecule is O=C(CC1(O)C(=O)Nc2ccccc21)c1ccc([N+](=O)[O-])s1. The van der Waals surface area contributed by atoms with Crippen molar-refractivity contribution in [3.63, 3.8) is 0 Å². The summed E-state index contributed by atoms with van der Waals surface area (Å²) in [6.07, 6.45) is -0.465. The van der Waals surface area contributed by atoms with Gasteiger partial charge in [-0.25, -0.2) is 0 Å². The van der Waals surface area contributed by atoms with Gasteiger partial charge in [0.15, 0.2) is 11.4 Å². The van der Waals surface area contributed by atoms with Crippen LogP contribution in [-0.2, 0) is 10.4 Å². The maximum Gasteiger partial charge on any atom is 0.324 e. The molecule has 2 heterocycles.